The molecule has 3 unspecified atom stereocenters. The molecule has 1 spiro atoms. The van der Waals surface area contributed by atoms with Gasteiger partial charge < -0.3 is 15.1 Å². The van der Waals surface area contributed by atoms with E-state index in [9.17, 15) is 27.6 Å². The van der Waals surface area contributed by atoms with Gasteiger partial charge in [-0.05, 0) is 75.0 Å². The van der Waals surface area contributed by atoms with Gasteiger partial charge in [0.15, 0.2) is 0 Å². The van der Waals surface area contributed by atoms with Crippen molar-refractivity contribution >= 4 is 23.4 Å². The molecule has 38 heavy (non-hydrogen) atoms. The Morgan fingerprint density at radius 1 is 1.13 bits per heavy atom. The number of amides is 3. The van der Waals surface area contributed by atoms with Crippen LogP contribution in [-0.4, -0.2) is 66.6 Å². The number of carbonyl (C=O) groups excluding carboxylic acids is 3. The van der Waals surface area contributed by atoms with Gasteiger partial charge in [-0.3, -0.25) is 25.2 Å². The highest BCUT2D eigenvalue weighted by Gasteiger charge is 2.64. The van der Waals surface area contributed by atoms with Crippen LogP contribution < -0.4 is 21.1 Å². The van der Waals surface area contributed by atoms with Crippen molar-refractivity contribution in [2.45, 2.75) is 75.0 Å². The summed E-state index contributed by atoms with van der Waals surface area (Å²) in [5.74, 6) is -0.476. The molecule has 8 nitrogen and oxygen atoms in total. The maximum Gasteiger partial charge on any atom is 0.411 e. The predicted octanol–water partition coefficient (Wildman–Crippen LogP) is 2.31. The fourth-order valence-corrected chi connectivity index (χ4v) is 7.24. The number of aryl methyl sites for hydroxylation is 1. The average Bonchev–Trinajstić information content (AvgIpc) is 3.47. The first-order valence-corrected chi connectivity index (χ1v) is 13.6. The largest absolute Gasteiger partial charge is 0.411 e. The SMILES string of the molecule is Cc1cccc2c1C1(CCN(C(=O)C3CCC4NNCC4C3)CC1)C(=O)N2CC(=O)NC1(C(F)(F)F)CC1. The summed E-state index contributed by atoms with van der Waals surface area (Å²) in [6, 6.07) is 5.90. The molecule has 5 aliphatic rings. The number of hydrazine groups is 1. The molecule has 6 rings (SSSR count). The van der Waals surface area contributed by atoms with Crippen molar-refractivity contribution in [2.75, 3.05) is 31.1 Å². The molecule has 3 atom stereocenters. The Labute approximate surface area is 219 Å². The molecule has 1 aromatic rings. The third kappa shape index (κ3) is 4.00. The fraction of sp³-hybridized carbons (Fsp3) is 0.667. The number of piperidine rings is 1. The Hall–Kier alpha value is -2.66. The maximum atomic E-state index is 13.9. The second kappa shape index (κ2) is 8.94. The van der Waals surface area contributed by atoms with Gasteiger partial charge in [-0.15, -0.1) is 0 Å². The summed E-state index contributed by atoms with van der Waals surface area (Å²) >= 11 is 0. The van der Waals surface area contributed by atoms with Gasteiger partial charge in [-0.25, -0.2) is 0 Å². The Balaban J connectivity index is 1.17. The molecule has 2 aliphatic carbocycles. The highest BCUT2D eigenvalue weighted by Crippen LogP contribution is 2.51. The van der Waals surface area contributed by atoms with Gasteiger partial charge in [0.1, 0.15) is 12.1 Å². The topological polar surface area (TPSA) is 93.8 Å². The van der Waals surface area contributed by atoms with Gasteiger partial charge in [0.05, 0.1) is 5.41 Å². The molecule has 3 heterocycles. The van der Waals surface area contributed by atoms with E-state index in [1.807, 2.05) is 17.9 Å². The summed E-state index contributed by atoms with van der Waals surface area (Å²) < 4.78 is 40.2. The van der Waals surface area contributed by atoms with E-state index in [0.29, 0.717) is 43.6 Å². The quantitative estimate of drug-likeness (QED) is 0.553. The van der Waals surface area contributed by atoms with Crippen LogP contribution in [0.15, 0.2) is 18.2 Å². The van der Waals surface area contributed by atoms with E-state index >= 15 is 0 Å². The molecular formula is C27H34F3N5O3. The smallest absolute Gasteiger partial charge is 0.342 e. The fourth-order valence-electron chi connectivity index (χ4n) is 7.24. The number of benzene rings is 1. The molecule has 3 N–H and O–H groups in total. The molecule has 206 valence electrons. The molecule has 0 bridgehead atoms. The van der Waals surface area contributed by atoms with Crippen molar-refractivity contribution in [1.82, 2.24) is 21.1 Å². The summed E-state index contributed by atoms with van der Waals surface area (Å²) in [5, 5.41) is 2.15. The first kappa shape index (κ1) is 25.6. The number of alkyl halides is 3. The van der Waals surface area contributed by atoms with Crippen LogP contribution in [0.1, 0.15) is 56.1 Å². The number of fused-ring (bicyclic) bond motifs is 3. The first-order chi connectivity index (χ1) is 18.0. The van der Waals surface area contributed by atoms with Gasteiger partial charge in [0.25, 0.3) is 0 Å². The van der Waals surface area contributed by atoms with Crippen LogP contribution in [0.25, 0.3) is 0 Å². The molecule has 11 heteroatoms. The number of anilines is 1. The van der Waals surface area contributed by atoms with E-state index in [2.05, 4.69) is 16.2 Å². The van der Waals surface area contributed by atoms with Crippen LogP contribution in [0.4, 0.5) is 18.9 Å². The Kier molecular flexibility index (Phi) is 6.03. The van der Waals surface area contributed by atoms with E-state index in [0.717, 1.165) is 36.9 Å². The zero-order chi connectivity index (χ0) is 26.9. The summed E-state index contributed by atoms with van der Waals surface area (Å²) in [7, 11) is 0. The third-order valence-corrected chi connectivity index (χ3v) is 9.56. The van der Waals surface area contributed by atoms with Crippen molar-refractivity contribution in [2.24, 2.45) is 11.8 Å². The number of likely N-dealkylation sites (tertiary alicyclic amines) is 1. The molecule has 0 aromatic heterocycles. The standard InChI is InChI=1S/C27H34F3N5O3/c1-16-3-2-4-20-22(16)25(24(38)35(20)15-21(36)32-26(7-8-26)27(28,29)30)9-11-34(12-10-25)23(37)17-5-6-19-18(13-17)14-31-33-19/h2-4,17-19,31,33H,5-15H2,1H3,(H,32,36). The molecule has 0 radical (unpaired) electrons. The molecule has 1 aromatic carbocycles. The van der Waals surface area contributed by atoms with E-state index in [4.69, 9.17) is 0 Å². The second-order valence-corrected chi connectivity index (χ2v) is 11.8. The summed E-state index contributed by atoms with van der Waals surface area (Å²) in [6.07, 6.45) is -1.28. The number of nitrogens with zero attached hydrogens (tertiary/aromatic N) is 2. The Bertz CT molecular complexity index is 1160. The van der Waals surface area contributed by atoms with Crippen LogP contribution in [0.5, 0.6) is 0 Å². The number of halogens is 3. The highest BCUT2D eigenvalue weighted by atomic mass is 19.4. The van der Waals surface area contributed by atoms with Crippen molar-refractivity contribution in [3.63, 3.8) is 0 Å². The monoisotopic (exact) mass is 533 g/mol. The van der Waals surface area contributed by atoms with Gasteiger partial charge in [0, 0.05) is 37.3 Å². The van der Waals surface area contributed by atoms with Crippen LogP contribution in [-0.2, 0) is 19.8 Å². The minimum absolute atomic E-state index is 0.0103. The zero-order valence-electron chi connectivity index (χ0n) is 21.5. The van der Waals surface area contributed by atoms with Crippen molar-refractivity contribution < 1.29 is 27.6 Å². The lowest BCUT2D eigenvalue weighted by Crippen LogP contribution is -2.54. The van der Waals surface area contributed by atoms with Crippen LogP contribution in [0.2, 0.25) is 0 Å². The first-order valence-electron chi connectivity index (χ1n) is 13.6. The summed E-state index contributed by atoms with van der Waals surface area (Å²) in [4.78, 5) is 43.3. The molecule has 3 amide bonds. The lowest BCUT2D eigenvalue weighted by atomic mass is 9.71. The summed E-state index contributed by atoms with van der Waals surface area (Å²) in [6.45, 7) is 3.22. The van der Waals surface area contributed by atoms with Crippen LogP contribution in [0.3, 0.4) is 0 Å². The minimum Gasteiger partial charge on any atom is -0.342 e. The third-order valence-electron chi connectivity index (χ3n) is 9.56. The average molecular weight is 534 g/mol. The second-order valence-electron chi connectivity index (χ2n) is 11.8. The molecule has 4 fully saturated rings. The van der Waals surface area contributed by atoms with Crippen molar-refractivity contribution in [3.05, 3.63) is 29.3 Å². The summed E-state index contributed by atoms with van der Waals surface area (Å²) in [5.41, 5.74) is 5.77. The van der Waals surface area contributed by atoms with Crippen LogP contribution in [0, 0.1) is 18.8 Å². The molecule has 2 saturated heterocycles. The number of rotatable bonds is 4. The molecular weight excluding hydrogens is 499 g/mol. The Morgan fingerprint density at radius 2 is 1.87 bits per heavy atom. The molecule has 2 saturated carbocycles. The van der Waals surface area contributed by atoms with E-state index in [1.165, 1.54) is 4.90 Å². The number of hydrogen-bond donors (Lipinski definition) is 3. The minimum atomic E-state index is -4.52. The zero-order valence-corrected chi connectivity index (χ0v) is 21.5. The predicted molar refractivity (Wildman–Crippen MR) is 133 cm³/mol. The van der Waals surface area contributed by atoms with Gasteiger partial charge in [-0.1, -0.05) is 12.1 Å². The highest BCUT2D eigenvalue weighted by molar-refractivity contribution is 6.11. The lowest BCUT2D eigenvalue weighted by molar-refractivity contribution is -0.170. The number of nitrogens with one attached hydrogen (secondary N) is 3. The van der Waals surface area contributed by atoms with E-state index < -0.39 is 29.6 Å². The van der Waals surface area contributed by atoms with E-state index in [-0.39, 0.29) is 30.6 Å². The Morgan fingerprint density at radius 3 is 2.55 bits per heavy atom. The lowest BCUT2D eigenvalue weighted by Gasteiger charge is -2.41. The normalized spacial score (nSPS) is 29.3. The number of hydrogen-bond acceptors (Lipinski definition) is 5. The maximum absolute atomic E-state index is 13.9. The van der Waals surface area contributed by atoms with E-state index in [1.54, 1.807) is 12.1 Å². The number of carbonyl (C=O) groups is 3. The van der Waals surface area contributed by atoms with Crippen LogP contribution >= 0.6 is 0 Å². The van der Waals surface area contributed by atoms with Gasteiger partial charge in [-0.2, -0.15) is 13.2 Å². The van der Waals surface area contributed by atoms with Crippen molar-refractivity contribution in [1.29, 1.82) is 0 Å². The van der Waals surface area contributed by atoms with Crippen molar-refractivity contribution in [3.8, 4) is 0 Å². The van der Waals surface area contributed by atoms with Gasteiger partial charge >= 0.3 is 6.18 Å². The molecule has 3 aliphatic heterocycles. The van der Waals surface area contributed by atoms with Gasteiger partial charge in [0.2, 0.25) is 17.7 Å².